The van der Waals surface area contributed by atoms with E-state index in [1.54, 1.807) is 12.1 Å². The third-order valence-corrected chi connectivity index (χ3v) is 2.00. The number of rotatable bonds is 3. The zero-order valence-corrected chi connectivity index (χ0v) is 7.59. The molecule has 0 aliphatic carbocycles. The summed E-state index contributed by atoms with van der Waals surface area (Å²) in [4.78, 5) is 10.5. The number of nitrogens with two attached hydrogens (primary N) is 1. The second-order valence-electron chi connectivity index (χ2n) is 2.69. The van der Waals surface area contributed by atoms with Gasteiger partial charge in [0.05, 0.1) is 5.38 Å². The Bertz CT molecular complexity index is 316. The van der Waals surface area contributed by atoms with Crippen molar-refractivity contribution in [3.63, 3.8) is 0 Å². The molecule has 0 aliphatic heterocycles. The number of amides is 1. The van der Waals surface area contributed by atoms with Crippen LogP contribution in [0.5, 0.6) is 0 Å². The molecule has 1 rings (SSSR count). The Balaban J connectivity index is 2.76. The number of halogens is 2. The molecule has 13 heavy (non-hydrogen) atoms. The summed E-state index contributed by atoms with van der Waals surface area (Å²) in [6.07, 6.45) is 0.0189. The van der Waals surface area contributed by atoms with Crippen molar-refractivity contribution in [2.24, 2.45) is 5.73 Å². The molecule has 0 aromatic heterocycles. The lowest BCUT2D eigenvalue weighted by Crippen LogP contribution is -2.12. The highest BCUT2D eigenvalue weighted by molar-refractivity contribution is 6.21. The first kappa shape index (κ1) is 9.99. The molecule has 1 aromatic carbocycles. The smallest absolute Gasteiger partial charge is 0.219 e. The average Bonchev–Trinajstić information content (AvgIpc) is 2.03. The summed E-state index contributed by atoms with van der Waals surface area (Å²) < 4.78 is 12.7. The summed E-state index contributed by atoms with van der Waals surface area (Å²) in [5.41, 5.74) is 5.52. The maximum Gasteiger partial charge on any atom is 0.219 e. The van der Waals surface area contributed by atoms with E-state index >= 15 is 0 Å². The van der Waals surface area contributed by atoms with Crippen molar-refractivity contribution in [1.29, 1.82) is 0 Å². The van der Waals surface area contributed by atoms with E-state index in [0.29, 0.717) is 5.56 Å². The van der Waals surface area contributed by atoms with Crippen LogP contribution in [0.3, 0.4) is 0 Å². The highest BCUT2D eigenvalue weighted by Gasteiger charge is 2.11. The van der Waals surface area contributed by atoms with Gasteiger partial charge >= 0.3 is 0 Å². The van der Waals surface area contributed by atoms with Crippen LogP contribution < -0.4 is 5.73 Å². The summed E-state index contributed by atoms with van der Waals surface area (Å²) in [5, 5.41) is -0.548. The molecule has 1 aromatic rings. The van der Waals surface area contributed by atoms with Crippen LogP contribution in [-0.4, -0.2) is 5.91 Å². The Morgan fingerprint density at radius 2 is 2.31 bits per heavy atom. The highest BCUT2D eigenvalue weighted by Crippen LogP contribution is 2.23. The molecule has 1 atom stereocenters. The van der Waals surface area contributed by atoms with Crippen molar-refractivity contribution in [2.45, 2.75) is 11.8 Å². The Kier molecular flexibility index (Phi) is 3.25. The molecule has 0 heterocycles. The predicted octanol–water partition coefficient (Wildman–Crippen LogP) is 1.98. The van der Waals surface area contributed by atoms with E-state index in [2.05, 4.69) is 0 Å². The summed E-state index contributed by atoms with van der Waals surface area (Å²) >= 11 is 5.81. The van der Waals surface area contributed by atoms with Gasteiger partial charge in [-0.25, -0.2) is 4.39 Å². The van der Waals surface area contributed by atoms with E-state index in [1.807, 2.05) is 0 Å². The molecule has 0 bridgehead atoms. The SMILES string of the molecule is NC(=O)CC(Cl)c1cccc(F)c1. The summed E-state index contributed by atoms with van der Waals surface area (Å²) in [6, 6.07) is 5.81. The molecule has 0 fully saturated rings. The molecule has 70 valence electrons. The average molecular weight is 202 g/mol. The van der Waals surface area contributed by atoms with Crippen molar-refractivity contribution in [3.8, 4) is 0 Å². The van der Waals surface area contributed by atoms with Gasteiger partial charge in [0.1, 0.15) is 5.82 Å². The van der Waals surface area contributed by atoms with Crippen molar-refractivity contribution >= 4 is 17.5 Å². The van der Waals surface area contributed by atoms with Crippen LogP contribution in [0.4, 0.5) is 4.39 Å². The van der Waals surface area contributed by atoms with Gasteiger partial charge in [0.2, 0.25) is 5.91 Å². The van der Waals surface area contributed by atoms with Crippen molar-refractivity contribution in [1.82, 2.24) is 0 Å². The van der Waals surface area contributed by atoms with Crippen LogP contribution in [0.15, 0.2) is 24.3 Å². The number of carbonyl (C=O) groups is 1. The zero-order chi connectivity index (χ0) is 9.84. The van der Waals surface area contributed by atoms with E-state index in [1.165, 1.54) is 12.1 Å². The maximum atomic E-state index is 12.7. The molecule has 2 nitrogen and oxygen atoms in total. The van der Waals surface area contributed by atoms with Crippen LogP contribution in [0, 0.1) is 5.82 Å². The van der Waals surface area contributed by atoms with Gasteiger partial charge in [-0.15, -0.1) is 11.6 Å². The van der Waals surface area contributed by atoms with Crippen molar-refractivity contribution in [3.05, 3.63) is 35.6 Å². The molecule has 0 radical (unpaired) electrons. The van der Waals surface area contributed by atoms with Gasteiger partial charge in [-0.2, -0.15) is 0 Å². The van der Waals surface area contributed by atoms with E-state index in [0.717, 1.165) is 0 Å². The van der Waals surface area contributed by atoms with Crippen molar-refractivity contribution in [2.75, 3.05) is 0 Å². The Hall–Kier alpha value is -1.09. The number of hydrogen-bond donors (Lipinski definition) is 1. The summed E-state index contributed by atoms with van der Waals surface area (Å²) in [5.74, 6) is -0.864. The number of benzene rings is 1. The minimum atomic E-state index is -0.548. The number of alkyl halides is 1. The number of primary amides is 1. The number of hydrogen-bond acceptors (Lipinski definition) is 1. The normalized spacial score (nSPS) is 12.5. The lowest BCUT2D eigenvalue weighted by Gasteiger charge is -2.06. The molecule has 0 saturated carbocycles. The molecule has 0 spiro atoms. The molecule has 0 saturated heterocycles. The van der Waals surface area contributed by atoms with E-state index in [-0.39, 0.29) is 12.2 Å². The Morgan fingerprint density at radius 1 is 1.62 bits per heavy atom. The highest BCUT2D eigenvalue weighted by atomic mass is 35.5. The molecule has 0 aliphatic rings. The third-order valence-electron chi connectivity index (χ3n) is 1.59. The fourth-order valence-corrected chi connectivity index (χ4v) is 1.28. The largest absolute Gasteiger partial charge is 0.370 e. The second kappa shape index (κ2) is 4.23. The van der Waals surface area contributed by atoms with Gasteiger partial charge < -0.3 is 5.73 Å². The Morgan fingerprint density at radius 3 is 2.85 bits per heavy atom. The summed E-state index contributed by atoms with van der Waals surface area (Å²) in [7, 11) is 0. The van der Waals surface area contributed by atoms with E-state index in [9.17, 15) is 9.18 Å². The minimum absolute atomic E-state index is 0.0189. The lowest BCUT2D eigenvalue weighted by molar-refractivity contribution is -0.118. The van der Waals surface area contributed by atoms with Crippen LogP contribution in [-0.2, 0) is 4.79 Å². The topological polar surface area (TPSA) is 43.1 Å². The van der Waals surface area contributed by atoms with Crippen LogP contribution in [0.2, 0.25) is 0 Å². The van der Waals surface area contributed by atoms with E-state index < -0.39 is 11.3 Å². The first-order valence-electron chi connectivity index (χ1n) is 3.77. The minimum Gasteiger partial charge on any atom is -0.370 e. The Labute approximate surface area is 80.5 Å². The summed E-state index contributed by atoms with van der Waals surface area (Å²) in [6.45, 7) is 0. The second-order valence-corrected chi connectivity index (χ2v) is 3.22. The van der Waals surface area contributed by atoms with Gasteiger partial charge in [-0.05, 0) is 17.7 Å². The molecule has 2 N–H and O–H groups in total. The maximum absolute atomic E-state index is 12.7. The molecule has 4 heteroatoms. The quantitative estimate of drug-likeness (QED) is 0.747. The van der Waals surface area contributed by atoms with Gasteiger partial charge in [0.25, 0.3) is 0 Å². The predicted molar refractivity (Wildman–Crippen MR) is 48.8 cm³/mol. The molecule has 1 amide bonds. The monoisotopic (exact) mass is 201 g/mol. The van der Waals surface area contributed by atoms with Crippen molar-refractivity contribution < 1.29 is 9.18 Å². The molecule has 1 unspecified atom stereocenters. The fourth-order valence-electron chi connectivity index (χ4n) is 0.996. The molecular formula is C9H9ClFNO. The standard InChI is InChI=1S/C9H9ClFNO/c10-8(5-9(12)13)6-2-1-3-7(11)4-6/h1-4,8H,5H2,(H2,12,13). The zero-order valence-electron chi connectivity index (χ0n) is 6.84. The third kappa shape index (κ3) is 3.03. The van der Waals surface area contributed by atoms with Gasteiger partial charge in [0.15, 0.2) is 0 Å². The molecular weight excluding hydrogens is 193 g/mol. The van der Waals surface area contributed by atoms with Gasteiger partial charge in [-0.1, -0.05) is 12.1 Å². The van der Waals surface area contributed by atoms with Gasteiger partial charge in [0, 0.05) is 6.42 Å². The van der Waals surface area contributed by atoms with E-state index in [4.69, 9.17) is 17.3 Å². The fraction of sp³-hybridized carbons (Fsp3) is 0.222. The van der Waals surface area contributed by atoms with Gasteiger partial charge in [-0.3, -0.25) is 4.79 Å². The first-order valence-corrected chi connectivity index (χ1v) is 4.21. The first-order chi connectivity index (χ1) is 6.09. The van der Waals surface area contributed by atoms with Crippen LogP contribution in [0.25, 0.3) is 0 Å². The van der Waals surface area contributed by atoms with Crippen LogP contribution >= 0.6 is 11.6 Å². The van der Waals surface area contributed by atoms with Crippen LogP contribution in [0.1, 0.15) is 17.4 Å². The number of carbonyl (C=O) groups excluding carboxylic acids is 1. The lowest BCUT2D eigenvalue weighted by atomic mass is 10.1.